The lowest BCUT2D eigenvalue weighted by Gasteiger charge is -2.34. The molecule has 2 aliphatic rings. The first-order chi connectivity index (χ1) is 26.9. The lowest BCUT2D eigenvalue weighted by molar-refractivity contribution is -0.175. The van der Waals surface area contributed by atoms with Crippen LogP contribution in [0.5, 0.6) is 5.75 Å². The van der Waals surface area contributed by atoms with Crippen molar-refractivity contribution in [2.75, 3.05) is 13.7 Å². The Morgan fingerprint density at radius 3 is 2.04 bits per heavy atom. The summed E-state index contributed by atoms with van der Waals surface area (Å²) >= 11 is 6.17. The number of ether oxygens (including phenoxy) is 1. The molecule has 1 saturated carbocycles. The Labute approximate surface area is 335 Å². The number of benzene rings is 3. The highest BCUT2D eigenvalue weighted by Crippen LogP contribution is 2.42. The third-order valence-electron chi connectivity index (χ3n) is 11.0. The summed E-state index contributed by atoms with van der Waals surface area (Å²) in [5.41, 5.74) is 7.33. The molecule has 0 spiro atoms. The molecule has 0 radical (unpaired) electrons. The molecular weight excluding hydrogens is 785 g/mol. The van der Waals surface area contributed by atoms with Crippen LogP contribution in [0.25, 0.3) is 0 Å². The van der Waals surface area contributed by atoms with E-state index in [2.05, 4.69) is 10.6 Å². The third kappa shape index (κ3) is 10.2. The molecule has 3 amide bonds. The van der Waals surface area contributed by atoms with Gasteiger partial charge in [-0.25, -0.2) is 8.42 Å². The molecule has 11 nitrogen and oxygen atoms in total. The van der Waals surface area contributed by atoms with Crippen molar-refractivity contribution < 1.29 is 45.5 Å². The van der Waals surface area contributed by atoms with Gasteiger partial charge < -0.3 is 26.0 Å². The summed E-state index contributed by atoms with van der Waals surface area (Å²) in [6.07, 6.45) is -3.35. The monoisotopic (exact) mass is 832 g/mol. The van der Waals surface area contributed by atoms with Crippen LogP contribution < -0.4 is 21.1 Å². The molecule has 4 N–H and O–H groups in total. The van der Waals surface area contributed by atoms with Crippen molar-refractivity contribution in [2.24, 2.45) is 11.7 Å². The minimum atomic E-state index is -5.27. The molecule has 3 aromatic rings. The van der Waals surface area contributed by atoms with E-state index in [0.717, 1.165) is 23.3 Å². The van der Waals surface area contributed by atoms with Crippen LogP contribution in [0.3, 0.4) is 0 Å². The van der Waals surface area contributed by atoms with Gasteiger partial charge in [0.2, 0.25) is 17.7 Å². The highest BCUT2D eigenvalue weighted by molar-refractivity contribution is 7.91. The quantitative estimate of drug-likeness (QED) is 0.188. The molecule has 4 atom stereocenters. The highest BCUT2D eigenvalue weighted by atomic mass is 35.5. The first kappa shape index (κ1) is 43.6. The van der Waals surface area contributed by atoms with Crippen LogP contribution in [0.1, 0.15) is 68.2 Å². The highest BCUT2D eigenvalue weighted by Gasteiger charge is 2.50. The summed E-state index contributed by atoms with van der Waals surface area (Å²) < 4.78 is 74.0. The number of amides is 3. The Morgan fingerprint density at radius 1 is 0.912 bits per heavy atom. The van der Waals surface area contributed by atoms with Crippen molar-refractivity contribution in [3.63, 3.8) is 0 Å². The van der Waals surface area contributed by atoms with Gasteiger partial charge in [0.25, 0.3) is 5.78 Å². The van der Waals surface area contributed by atoms with E-state index in [-0.39, 0.29) is 13.0 Å². The van der Waals surface area contributed by atoms with E-state index in [4.69, 9.17) is 22.1 Å². The number of Topliss-reactive ketones (excluding diaryl/α,β-unsaturated/α-hetero) is 1. The number of sulfone groups is 1. The van der Waals surface area contributed by atoms with Crippen LogP contribution in [0.4, 0.5) is 13.2 Å². The fourth-order valence-electron chi connectivity index (χ4n) is 7.72. The SMILES string of the molecule is COc1ccc(CS(=O)(=O)[C@@H]2C[C@@H](C(=O)NC(C(=O)C(F)(F)F)C(C)C)N(C(=O)C(Cc3ccc(CN)cc3)NC(=O)C3(c4ccc(Cl)cc4)CCCC3)C2)cc1. The van der Waals surface area contributed by atoms with Gasteiger partial charge in [-0.3, -0.25) is 19.2 Å². The van der Waals surface area contributed by atoms with E-state index < -0.39 is 92.9 Å². The third-order valence-corrected chi connectivity index (χ3v) is 13.3. The molecule has 2 unspecified atom stereocenters. The Kier molecular flexibility index (Phi) is 13.8. The fourth-order valence-corrected chi connectivity index (χ4v) is 9.60. The smallest absolute Gasteiger partial charge is 0.452 e. The van der Waals surface area contributed by atoms with Crippen LogP contribution in [0.15, 0.2) is 72.8 Å². The average Bonchev–Trinajstić information content (AvgIpc) is 3.87. The van der Waals surface area contributed by atoms with Crippen LogP contribution in [0.2, 0.25) is 5.02 Å². The van der Waals surface area contributed by atoms with E-state index in [1.54, 1.807) is 72.8 Å². The number of methoxy groups -OCH3 is 1. The van der Waals surface area contributed by atoms with Crippen LogP contribution >= 0.6 is 11.6 Å². The van der Waals surface area contributed by atoms with Gasteiger partial charge in [-0.15, -0.1) is 0 Å². The van der Waals surface area contributed by atoms with E-state index >= 15 is 0 Å². The van der Waals surface area contributed by atoms with Crippen molar-refractivity contribution in [1.29, 1.82) is 0 Å². The summed E-state index contributed by atoms with van der Waals surface area (Å²) in [5, 5.41) is 4.29. The number of rotatable bonds is 15. The topological polar surface area (TPSA) is 165 Å². The second kappa shape index (κ2) is 18.0. The molecular formula is C41H48ClF3N4O7S. The molecule has 0 aromatic heterocycles. The molecule has 3 aromatic carbocycles. The van der Waals surface area contributed by atoms with Crippen molar-refractivity contribution in [2.45, 2.75) is 99.6 Å². The largest absolute Gasteiger partial charge is 0.497 e. The number of nitrogens with one attached hydrogen (secondary N) is 2. The Hall–Kier alpha value is -4.47. The molecule has 16 heteroatoms. The van der Waals surface area contributed by atoms with Crippen LogP contribution in [-0.2, 0) is 53.1 Å². The molecule has 1 aliphatic heterocycles. The van der Waals surface area contributed by atoms with Gasteiger partial charge in [-0.2, -0.15) is 13.2 Å². The minimum absolute atomic E-state index is 0.0681. The zero-order valence-electron chi connectivity index (χ0n) is 32.0. The summed E-state index contributed by atoms with van der Waals surface area (Å²) in [5.74, 6) is -5.51. The Morgan fingerprint density at radius 2 is 1.49 bits per heavy atom. The average molecular weight is 833 g/mol. The van der Waals surface area contributed by atoms with Crippen molar-refractivity contribution in [1.82, 2.24) is 15.5 Å². The van der Waals surface area contributed by atoms with Gasteiger partial charge in [0.05, 0.1) is 29.6 Å². The summed E-state index contributed by atoms with van der Waals surface area (Å²) in [7, 11) is -2.64. The summed E-state index contributed by atoms with van der Waals surface area (Å²) in [4.78, 5) is 56.8. The Bertz CT molecular complexity index is 2020. The van der Waals surface area contributed by atoms with Gasteiger partial charge >= 0.3 is 6.18 Å². The maximum Gasteiger partial charge on any atom is 0.452 e. The predicted octanol–water partition coefficient (Wildman–Crippen LogP) is 5.20. The summed E-state index contributed by atoms with van der Waals surface area (Å²) in [6.45, 7) is 2.43. The van der Waals surface area contributed by atoms with Gasteiger partial charge in [0, 0.05) is 24.5 Å². The molecule has 1 heterocycles. The van der Waals surface area contributed by atoms with Crippen molar-refractivity contribution in [3.8, 4) is 5.75 Å². The molecule has 1 aliphatic carbocycles. The maximum absolute atomic E-state index is 14.9. The normalized spacial score (nSPS) is 19.2. The molecule has 57 heavy (non-hydrogen) atoms. The predicted molar refractivity (Wildman–Crippen MR) is 209 cm³/mol. The zero-order chi connectivity index (χ0) is 41.7. The number of nitrogens with zero attached hydrogens (tertiary/aromatic N) is 1. The molecule has 2 fully saturated rings. The number of carbonyl (C=O) groups is 4. The van der Waals surface area contributed by atoms with Crippen molar-refractivity contribution >= 4 is 44.9 Å². The molecule has 0 bridgehead atoms. The number of likely N-dealkylation sites (tertiary alicyclic amines) is 1. The molecule has 1 saturated heterocycles. The van der Waals surface area contributed by atoms with Crippen LogP contribution in [0, 0.1) is 5.92 Å². The number of hydrogen-bond donors (Lipinski definition) is 3. The molecule has 308 valence electrons. The van der Waals surface area contributed by atoms with Gasteiger partial charge in [-0.05, 0) is 71.7 Å². The fraction of sp³-hybridized carbons (Fsp3) is 0.463. The van der Waals surface area contributed by atoms with E-state index in [0.29, 0.717) is 40.3 Å². The minimum Gasteiger partial charge on any atom is -0.497 e. The van der Waals surface area contributed by atoms with Crippen molar-refractivity contribution in [3.05, 3.63) is 100 Å². The van der Waals surface area contributed by atoms with E-state index in [9.17, 15) is 40.8 Å². The number of hydrogen-bond acceptors (Lipinski definition) is 8. The standard InChI is InChI=1S/C41H48ClF3N4O7S/c1-25(2)35(36(50)41(43,44)45)48-37(51)34-21-32(57(54,55)24-28-10-16-31(56-3)17-11-28)23-49(34)38(52)33(20-26-6-8-27(22-46)9-7-26)47-39(53)40(18-4-5-19-40)29-12-14-30(42)15-13-29/h6-17,25,32-35H,4-5,18-24,46H2,1-3H3,(H,47,53)(H,48,51)/t32-,33?,34+,35?/m1/s1. The van der Waals surface area contributed by atoms with Gasteiger partial charge in [0.15, 0.2) is 9.84 Å². The number of carbonyl (C=O) groups excluding carboxylic acids is 4. The molecule has 5 rings (SSSR count). The van der Waals surface area contributed by atoms with E-state index in [1.807, 2.05) is 0 Å². The second-order valence-electron chi connectivity index (χ2n) is 15.2. The first-order valence-electron chi connectivity index (χ1n) is 18.8. The lowest BCUT2D eigenvalue weighted by atomic mass is 9.77. The lowest BCUT2D eigenvalue weighted by Crippen LogP contribution is -2.58. The van der Waals surface area contributed by atoms with E-state index in [1.165, 1.54) is 21.0 Å². The summed E-state index contributed by atoms with van der Waals surface area (Å²) in [6, 6.07) is 15.3. The second-order valence-corrected chi connectivity index (χ2v) is 17.9. The number of ketones is 1. The zero-order valence-corrected chi connectivity index (χ0v) is 33.6. The van der Waals surface area contributed by atoms with Gasteiger partial charge in [0.1, 0.15) is 17.8 Å². The first-order valence-corrected chi connectivity index (χ1v) is 20.9. The maximum atomic E-state index is 14.9. The van der Waals surface area contributed by atoms with Crippen LogP contribution in [-0.4, -0.2) is 80.0 Å². The number of halogens is 4. The van der Waals surface area contributed by atoms with Gasteiger partial charge in [-0.1, -0.05) is 86.8 Å². The number of alkyl halides is 3. The number of nitrogens with two attached hydrogens (primary N) is 1. The Balaban J connectivity index is 1.52.